The van der Waals surface area contributed by atoms with Gasteiger partial charge in [-0.15, -0.1) is 11.3 Å². The molecule has 0 unspecified atom stereocenters. The molecule has 0 saturated heterocycles. The van der Waals surface area contributed by atoms with Crippen LogP contribution in [0.4, 0.5) is 0 Å². The first-order valence-corrected chi connectivity index (χ1v) is 8.35. The molecule has 0 aliphatic carbocycles. The predicted molar refractivity (Wildman–Crippen MR) is 94.5 cm³/mol. The second-order valence-corrected chi connectivity index (χ2v) is 6.13. The summed E-state index contributed by atoms with van der Waals surface area (Å²) in [5.74, 6) is 0.290. The third kappa shape index (κ3) is 5.76. The summed E-state index contributed by atoms with van der Waals surface area (Å²) in [6.07, 6.45) is 2.97. The number of carbonyl (C=O) groups excluding carboxylic acids is 1. The van der Waals surface area contributed by atoms with Crippen LogP contribution in [-0.4, -0.2) is 28.9 Å². The van der Waals surface area contributed by atoms with Gasteiger partial charge in [0.2, 0.25) is 5.91 Å². The molecule has 0 fully saturated rings. The van der Waals surface area contributed by atoms with Crippen LogP contribution in [0.15, 0.2) is 35.7 Å². The predicted octanol–water partition coefficient (Wildman–Crippen LogP) is 2.92. The molecular formula is C18H16N4O2S. The third-order valence-corrected chi connectivity index (χ3v) is 3.99. The van der Waals surface area contributed by atoms with Crippen molar-refractivity contribution in [3.05, 3.63) is 52.0 Å². The van der Waals surface area contributed by atoms with Crippen LogP contribution >= 0.6 is 11.3 Å². The lowest BCUT2D eigenvalue weighted by Crippen LogP contribution is -2.30. The summed E-state index contributed by atoms with van der Waals surface area (Å²) in [4.78, 5) is 17.5. The number of hydrogen-bond acceptors (Lipinski definition) is 6. The number of benzene rings is 1. The number of hydrogen-bond donors (Lipinski definition) is 0. The van der Waals surface area contributed by atoms with Crippen molar-refractivity contribution < 1.29 is 9.53 Å². The Bertz CT molecular complexity index is 829. The summed E-state index contributed by atoms with van der Waals surface area (Å²) in [7, 11) is 0. The van der Waals surface area contributed by atoms with E-state index < -0.39 is 0 Å². The summed E-state index contributed by atoms with van der Waals surface area (Å²) in [5, 5.41) is 20.3. The summed E-state index contributed by atoms with van der Waals surface area (Å²) >= 11 is 1.57. The van der Waals surface area contributed by atoms with E-state index in [9.17, 15) is 4.79 Å². The van der Waals surface area contributed by atoms with Gasteiger partial charge in [0, 0.05) is 11.5 Å². The van der Waals surface area contributed by atoms with Gasteiger partial charge < -0.3 is 9.64 Å². The van der Waals surface area contributed by atoms with E-state index >= 15 is 0 Å². The molecule has 0 saturated carbocycles. The quantitative estimate of drug-likeness (QED) is 0.564. The normalized spacial score (nSPS) is 10.2. The fraction of sp³-hybridized carbons (Fsp3) is 0.222. The van der Waals surface area contributed by atoms with Gasteiger partial charge in [-0.1, -0.05) is 12.1 Å². The smallest absolute Gasteiger partial charge is 0.248 e. The lowest BCUT2D eigenvalue weighted by atomic mass is 10.2. The number of rotatable bonds is 7. The van der Waals surface area contributed by atoms with Gasteiger partial charge in [0.1, 0.15) is 25.4 Å². The molecule has 0 aliphatic rings. The molecule has 25 heavy (non-hydrogen) atoms. The first-order valence-electron chi connectivity index (χ1n) is 7.47. The molecule has 1 heterocycles. The lowest BCUT2D eigenvalue weighted by molar-refractivity contribution is -0.124. The van der Waals surface area contributed by atoms with Crippen LogP contribution in [0.5, 0.6) is 5.75 Å². The molecule has 1 amide bonds. The number of nitrogens with zero attached hydrogens (tertiary/aromatic N) is 4. The lowest BCUT2D eigenvalue weighted by Gasteiger charge is -2.12. The molecule has 7 heteroatoms. The monoisotopic (exact) mass is 352 g/mol. The van der Waals surface area contributed by atoms with Crippen molar-refractivity contribution in [2.75, 3.05) is 13.1 Å². The van der Waals surface area contributed by atoms with Crippen molar-refractivity contribution in [2.24, 2.45) is 0 Å². The molecule has 0 radical (unpaired) electrons. The molecule has 126 valence electrons. The molecule has 0 bridgehead atoms. The van der Waals surface area contributed by atoms with E-state index in [0.29, 0.717) is 12.4 Å². The molecular weight excluding hydrogens is 336 g/mol. The molecule has 1 aromatic heterocycles. The van der Waals surface area contributed by atoms with E-state index in [4.69, 9.17) is 15.3 Å². The highest BCUT2D eigenvalue weighted by Crippen LogP contribution is 2.17. The van der Waals surface area contributed by atoms with Gasteiger partial charge in [-0.3, -0.25) is 4.79 Å². The number of ether oxygens (including phenoxy) is 1. The number of thiazole rings is 1. The first kappa shape index (κ1) is 18.2. The number of aromatic nitrogens is 1. The molecule has 1 aromatic carbocycles. The Hall–Kier alpha value is -3.16. The minimum atomic E-state index is -0.382. The number of amides is 1. The topological polar surface area (TPSA) is 90.0 Å². The maximum atomic E-state index is 12.0. The summed E-state index contributed by atoms with van der Waals surface area (Å²) < 4.78 is 5.71. The fourth-order valence-corrected chi connectivity index (χ4v) is 2.59. The van der Waals surface area contributed by atoms with E-state index in [-0.39, 0.29) is 19.0 Å². The Morgan fingerprint density at radius 2 is 2.12 bits per heavy atom. The average molecular weight is 352 g/mol. The van der Waals surface area contributed by atoms with Crippen LogP contribution in [0.2, 0.25) is 0 Å². The van der Waals surface area contributed by atoms with Crippen molar-refractivity contribution in [1.82, 2.24) is 9.88 Å². The van der Waals surface area contributed by atoms with E-state index in [0.717, 1.165) is 16.3 Å². The Morgan fingerprint density at radius 3 is 2.76 bits per heavy atom. The van der Waals surface area contributed by atoms with E-state index in [1.807, 2.05) is 48.7 Å². The van der Waals surface area contributed by atoms with Crippen molar-refractivity contribution >= 4 is 23.3 Å². The Morgan fingerprint density at radius 1 is 1.36 bits per heavy atom. The summed E-state index contributed by atoms with van der Waals surface area (Å²) in [6, 6.07) is 11.0. The molecule has 0 atom stereocenters. The second kappa shape index (κ2) is 9.21. The van der Waals surface area contributed by atoms with Crippen molar-refractivity contribution in [3.8, 4) is 17.9 Å². The first-order chi connectivity index (χ1) is 12.1. The number of aryl methyl sites for hydroxylation is 1. The molecule has 0 aliphatic heterocycles. The zero-order valence-corrected chi connectivity index (χ0v) is 14.5. The highest BCUT2D eigenvalue weighted by atomic mass is 32.1. The van der Waals surface area contributed by atoms with Gasteiger partial charge in [0.25, 0.3) is 0 Å². The van der Waals surface area contributed by atoms with Crippen LogP contribution in [0.25, 0.3) is 6.08 Å². The maximum Gasteiger partial charge on any atom is 0.248 e. The third-order valence-electron chi connectivity index (χ3n) is 3.16. The second-order valence-electron chi connectivity index (χ2n) is 5.06. The van der Waals surface area contributed by atoms with E-state index in [2.05, 4.69) is 4.98 Å². The minimum Gasteiger partial charge on any atom is -0.487 e. The zero-order valence-electron chi connectivity index (χ0n) is 13.7. The number of carbonyl (C=O) groups is 1. The molecule has 2 aromatic rings. The van der Waals surface area contributed by atoms with Gasteiger partial charge in [-0.25, -0.2) is 4.98 Å². The van der Waals surface area contributed by atoms with Crippen LogP contribution in [0.3, 0.4) is 0 Å². The average Bonchev–Trinajstić information content (AvgIpc) is 3.03. The Balaban J connectivity index is 1.99. The largest absolute Gasteiger partial charge is 0.487 e. The zero-order chi connectivity index (χ0) is 18.1. The SMILES string of the molecule is Cc1nc(COc2cccc(/C=C/C(=O)N(CC#N)CC#N)c2)cs1. The standard InChI is InChI=1S/C18H16N4O2S/c1-14-21-16(13-25-14)12-24-17-4-2-3-15(11-17)5-6-18(23)22(9-7-19)10-8-20/h2-6,11,13H,9-10,12H2,1H3/b6-5+. The molecule has 0 spiro atoms. The van der Waals surface area contributed by atoms with Crippen LogP contribution in [0.1, 0.15) is 16.3 Å². The van der Waals surface area contributed by atoms with Crippen molar-refractivity contribution in [2.45, 2.75) is 13.5 Å². The highest BCUT2D eigenvalue weighted by Gasteiger charge is 2.09. The van der Waals surface area contributed by atoms with Crippen LogP contribution in [-0.2, 0) is 11.4 Å². The molecule has 2 rings (SSSR count). The van der Waals surface area contributed by atoms with E-state index in [1.165, 1.54) is 11.0 Å². The minimum absolute atomic E-state index is 0.118. The van der Waals surface area contributed by atoms with Crippen molar-refractivity contribution in [3.63, 3.8) is 0 Å². The summed E-state index contributed by atoms with van der Waals surface area (Å²) in [6.45, 7) is 2.09. The fourth-order valence-electron chi connectivity index (χ4n) is 2.00. The van der Waals surface area contributed by atoms with Gasteiger partial charge in [-0.05, 0) is 30.7 Å². The van der Waals surface area contributed by atoms with Gasteiger partial charge >= 0.3 is 0 Å². The highest BCUT2D eigenvalue weighted by molar-refractivity contribution is 7.09. The van der Waals surface area contributed by atoms with E-state index in [1.54, 1.807) is 17.4 Å². The van der Waals surface area contributed by atoms with Crippen molar-refractivity contribution in [1.29, 1.82) is 10.5 Å². The van der Waals surface area contributed by atoms with Crippen LogP contribution in [0, 0.1) is 29.6 Å². The molecule has 6 nitrogen and oxygen atoms in total. The summed E-state index contributed by atoms with van der Waals surface area (Å²) in [5.41, 5.74) is 1.66. The van der Waals surface area contributed by atoms with Gasteiger partial charge in [-0.2, -0.15) is 10.5 Å². The Kier molecular flexibility index (Phi) is 6.70. The Labute approximate surface area is 150 Å². The van der Waals surface area contributed by atoms with Gasteiger partial charge in [0.05, 0.1) is 22.8 Å². The van der Waals surface area contributed by atoms with Crippen LogP contribution < -0.4 is 4.74 Å². The maximum absolute atomic E-state index is 12.0. The van der Waals surface area contributed by atoms with Gasteiger partial charge in [0.15, 0.2) is 0 Å². The molecule has 0 N–H and O–H groups in total. The number of nitriles is 2.